The Balaban J connectivity index is 1.89. The van der Waals surface area contributed by atoms with Crippen LogP contribution in [0, 0.1) is 19.3 Å². The van der Waals surface area contributed by atoms with Crippen molar-refractivity contribution in [3.8, 4) is 0 Å². The van der Waals surface area contributed by atoms with Gasteiger partial charge in [-0.25, -0.2) is 0 Å². The molecule has 0 radical (unpaired) electrons. The number of nitrogens with one attached hydrogen (secondary N) is 1. The predicted octanol–water partition coefficient (Wildman–Crippen LogP) is 2.47. The van der Waals surface area contributed by atoms with Crippen molar-refractivity contribution in [3.05, 3.63) is 41.0 Å². The van der Waals surface area contributed by atoms with Crippen LogP contribution in [0.5, 0.6) is 0 Å². The van der Waals surface area contributed by atoms with Gasteiger partial charge in [-0.15, -0.1) is 0 Å². The molecule has 1 fully saturated rings. The first-order chi connectivity index (χ1) is 8.98. The summed E-state index contributed by atoms with van der Waals surface area (Å²) in [5, 5.41) is 2.92. The van der Waals surface area contributed by atoms with Gasteiger partial charge in [-0.2, -0.15) is 0 Å². The van der Waals surface area contributed by atoms with E-state index in [2.05, 4.69) is 38.2 Å². The van der Waals surface area contributed by atoms with E-state index in [-0.39, 0.29) is 11.3 Å². The van der Waals surface area contributed by atoms with Gasteiger partial charge in [0.2, 0.25) is 5.91 Å². The van der Waals surface area contributed by atoms with Crippen LogP contribution in [0.1, 0.15) is 23.6 Å². The number of hydrogen-bond donors (Lipinski definition) is 1. The molecule has 0 aliphatic carbocycles. The molecule has 1 aliphatic heterocycles. The van der Waals surface area contributed by atoms with E-state index < -0.39 is 0 Å². The third kappa shape index (κ3) is 3.67. The zero-order chi connectivity index (χ0) is 13.9. The van der Waals surface area contributed by atoms with Crippen LogP contribution in [-0.2, 0) is 9.53 Å². The number of carbonyl (C=O) groups is 1. The van der Waals surface area contributed by atoms with Crippen molar-refractivity contribution in [3.63, 3.8) is 0 Å². The van der Waals surface area contributed by atoms with Crippen molar-refractivity contribution in [2.45, 2.75) is 20.8 Å². The summed E-state index contributed by atoms with van der Waals surface area (Å²) in [6.45, 7) is 8.36. The van der Waals surface area contributed by atoms with E-state index in [9.17, 15) is 4.79 Å². The van der Waals surface area contributed by atoms with Gasteiger partial charge in [0.25, 0.3) is 0 Å². The van der Waals surface area contributed by atoms with Crippen LogP contribution in [0.2, 0.25) is 0 Å². The molecule has 1 N–H and O–H groups in total. The van der Waals surface area contributed by atoms with E-state index in [1.165, 1.54) is 11.1 Å². The average Bonchev–Trinajstić information content (AvgIpc) is 2.33. The second kappa shape index (κ2) is 5.57. The number of hydrogen-bond acceptors (Lipinski definition) is 2. The SMILES string of the molecule is Cc1ccc(C=CC(=O)NCC2(C)COC2)c(C)c1. The van der Waals surface area contributed by atoms with Gasteiger partial charge in [-0.3, -0.25) is 4.79 Å². The summed E-state index contributed by atoms with van der Waals surface area (Å²) in [7, 11) is 0. The van der Waals surface area contributed by atoms with Crippen molar-refractivity contribution in [2.24, 2.45) is 5.41 Å². The Morgan fingerprint density at radius 1 is 1.42 bits per heavy atom. The van der Waals surface area contributed by atoms with Gasteiger partial charge in [-0.05, 0) is 31.1 Å². The lowest BCUT2D eigenvalue weighted by molar-refractivity contribution is -0.122. The molecule has 0 aromatic heterocycles. The fourth-order valence-corrected chi connectivity index (χ4v) is 2.09. The summed E-state index contributed by atoms with van der Waals surface area (Å²) in [6.07, 6.45) is 3.46. The van der Waals surface area contributed by atoms with Crippen molar-refractivity contribution in [1.29, 1.82) is 0 Å². The first kappa shape index (κ1) is 13.8. The smallest absolute Gasteiger partial charge is 0.244 e. The Morgan fingerprint density at radius 3 is 2.74 bits per heavy atom. The highest BCUT2D eigenvalue weighted by atomic mass is 16.5. The highest BCUT2D eigenvalue weighted by Crippen LogP contribution is 2.24. The average molecular weight is 259 g/mol. The topological polar surface area (TPSA) is 38.3 Å². The van der Waals surface area contributed by atoms with Gasteiger partial charge >= 0.3 is 0 Å². The largest absolute Gasteiger partial charge is 0.380 e. The minimum atomic E-state index is -0.0481. The summed E-state index contributed by atoms with van der Waals surface area (Å²) in [6, 6.07) is 6.21. The maximum Gasteiger partial charge on any atom is 0.244 e. The van der Waals surface area contributed by atoms with Crippen LogP contribution in [0.15, 0.2) is 24.3 Å². The molecule has 0 bridgehead atoms. The lowest BCUT2D eigenvalue weighted by atomic mass is 9.89. The fourth-order valence-electron chi connectivity index (χ4n) is 2.09. The minimum absolute atomic E-state index is 0.0481. The van der Waals surface area contributed by atoms with Gasteiger partial charge in [0.1, 0.15) is 0 Å². The number of aryl methyl sites for hydroxylation is 2. The molecular formula is C16H21NO2. The molecule has 0 atom stereocenters. The van der Waals surface area contributed by atoms with Crippen molar-refractivity contribution < 1.29 is 9.53 Å². The second-order valence-corrected chi connectivity index (χ2v) is 5.71. The molecule has 1 aromatic rings. The molecule has 3 heteroatoms. The van der Waals surface area contributed by atoms with Gasteiger partial charge in [0, 0.05) is 18.0 Å². The molecule has 0 saturated carbocycles. The monoisotopic (exact) mass is 259 g/mol. The number of benzene rings is 1. The Hall–Kier alpha value is -1.61. The number of ether oxygens (including phenoxy) is 1. The van der Waals surface area contributed by atoms with Gasteiger partial charge in [0.15, 0.2) is 0 Å². The lowest BCUT2D eigenvalue weighted by Gasteiger charge is -2.37. The Labute approximate surface area is 114 Å². The Bertz CT molecular complexity index is 501. The molecule has 102 valence electrons. The molecule has 19 heavy (non-hydrogen) atoms. The summed E-state index contributed by atoms with van der Waals surface area (Å²) >= 11 is 0. The van der Waals surface area contributed by atoms with Crippen LogP contribution in [0.4, 0.5) is 0 Å². The summed E-state index contributed by atoms with van der Waals surface area (Å²) < 4.78 is 5.16. The van der Waals surface area contributed by atoms with Crippen LogP contribution in [0.3, 0.4) is 0 Å². The number of carbonyl (C=O) groups excluding carboxylic acids is 1. The molecule has 1 amide bonds. The molecular weight excluding hydrogens is 238 g/mol. The molecule has 1 aliphatic rings. The third-order valence-corrected chi connectivity index (χ3v) is 3.43. The number of amides is 1. The van der Waals surface area contributed by atoms with E-state index in [1.807, 2.05) is 12.1 Å². The molecule has 1 saturated heterocycles. The van der Waals surface area contributed by atoms with Gasteiger partial charge < -0.3 is 10.1 Å². The molecule has 0 unspecified atom stereocenters. The van der Waals surface area contributed by atoms with Gasteiger partial charge in [-0.1, -0.05) is 30.7 Å². The minimum Gasteiger partial charge on any atom is -0.380 e. The zero-order valence-corrected chi connectivity index (χ0v) is 11.8. The predicted molar refractivity (Wildman–Crippen MR) is 76.9 cm³/mol. The third-order valence-electron chi connectivity index (χ3n) is 3.43. The molecule has 0 spiro atoms. The quantitative estimate of drug-likeness (QED) is 0.844. The van der Waals surface area contributed by atoms with E-state index in [0.717, 1.165) is 18.8 Å². The number of rotatable bonds is 4. The Kier molecular flexibility index (Phi) is 4.05. The first-order valence-corrected chi connectivity index (χ1v) is 6.59. The highest BCUT2D eigenvalue weighted by Gasteiger charge is 2.33. The van der Waals surface area contributed by atoms with E-state index in [4.69, 9.17) is 4.74 Å². The molecule has 2 rings (SSSR count). The van der Waals surface area contributed by atoms with E-state index in [1.54, 1.807) is 6.08 Å². The van der Waals surface area contributed by atoms with Crippen molar-refractivity contribution in [1.82, 2.24) is 5.32 Å². The van der Waals surface area contributed by atoms with Crippen LogP contribution in [0.25, 0.3) is 6.08 Å². The Morgan fingerprint density at radius 2 is 2.16 bits per heavy atom. The molecule has 1 aromatic carbocycles. The highest BCUT2D eigenvalue weighted by molar-refractivity contribution is 5.91. The van der Waals surface area contributed by atoms with Gasteiger partial charge in [0.05, 0.1) is 13.2 Å². The van der Waals surface area contributed by atoms with Crippen molar-refractivity contribution in [2.75, 3.05) is 19.8 Å². The van der Waals surface area contributed by atoms with E-state index in [0.29, 0.717) is 6.54 Å². The van der Waals surface area contributed by atoms with Crippen molar-refractivity contribution >= 4 is 12.0 Å². The normalized spacial score (nSPS) is 17.2. The zero-order valence-electron chi connectivity index (χ0n) is 11.8. The summed E-state index contributed by atoms with van der Waals surface area (Å²) in [5.74, 6) is -0.0481. The maximum absolute atomic E-state index is 11.7. The first-order valence-electron chi connectivity index (χ1n) is 6.59. The second-order valence-electron chi connectivity index (χ2n) is 5.71. The summed E-state index contributed by atoms with van der Waals surface area (Å²) in [5.41, 5.74) is 3.61. The van der Waals surface area contributed by atoms with Crippen LogP contribution >= 0.6 is 0 Å². The van der Waals surface area contributed by atoms with Crippen LogP contribution < -0.4 is 5.32 Å². The van der Waals surface area contributed by atoms with E-state index >= 15 is 0 Å². The standard InChI is InChI=1S/C16H21NO2/c1-12-4-5-14(13(2)8-12)6-7-15(18)17-9-16(3)10-19-11-16/h4-8H,9-11H2,1-3H3,(H,17,18). The summed E-state index contributed by atoms with van der Waals surface area (Å²) in [4.78, 5) is 11.7. The van der Waals surface area contributed by atoms with Crippen LogP contribution in [-0.4, -0.2) is 25.7 Å². The maximum atomic E-state index is 11.7. The fraction of sp³-hybridized carbons (Fsp3) is 0.438. The lowest BCUT2D eigenvalue weighted by Crippen LogP contribution is -2.48. The molecule has 1 heterocycles. The molecule has 3 nitrogen and oxygen atoms in total.